The van der Waals surface area contributed by atoms with Crippen LogP contribution in [0.2, 0.25) is 0 Å². The van der Waals surface area contributed by atoms with E-state index in [1.54, 1.807) is 12.0 Å². The van der Waals surface area contributed by atoms with Crippen molar-refractivity contribution in [3.63, 3.8) is 0 Å². The van der Waals surface area contributed by atoms with Crippen molar-refractivity contribution in [1.82, 2.24) is 4.90 Å². The fourth-order valence-corrected chi connectivity index (χ4v) is 6.57. The molecule has 2 aliphatic heterocycles. The van der Waals surface area contributed by atoms with Crippen molar-refractivity contribution < 1.29 is 17.9 Å². The second-order valence-electron chi connectivity index (χ2n) is 8.28. The Morgan fingerprint density at radius 1 is 1.03 bits per heavy atom. The van der Waals surface area contributed by atoms with Gasteiger partial charge < -0.3 is 9.64 Å². The molecule has 2 aromatic carbocycles. The van der Waals surface area contributed by atoms with Gasteiger partial charge in [-0.1, -0.05) is 24.3 Å². The lowest BCUT2D eigenvalue weighted by atomic mass is 10.0. The molecule has 2 atom stereocenters. The van der Waals surface area contributed by atoms with E-state index in [1.165, 1.54) is 0 Å². The summed E-state index contributed by atoms with van der Waals surface area (Å²) < 4.78 is 30.5. The van der Waals surface area contributed by atoms with E-state index in [9.17, 15) is 13.2 Å². The highest BCUT2D eigenvalue weighted by Gasteiger charge is 2.49. The van der Waals surface area contributed by atoms with Crippen LogP contribution in [-0.4, -0.2) is 63.0 Å². The van der Waals surface area contributed by atoms with Crippen LogP contribution >= 0.6 is 0 Å². The largest absolute Gasteiger partial charge is 0.496 e. The number of piperazine rings is 1. The molecule has 30 heavy (non-hydrogen) atoms. The van der Waals surface area contributed by atoms with E-state index in [0.29, 0.717) is 13.0 Å². The summed E-state index contributed by atoms with van der Waals surface area (Å²) in [6, 6.07) is 13.2. The molecule has 2 aromatic rings. The third-order valence-corrected chi connectivity index (χ3v) is 8.03. The fraction of sp³-hybridized carbons (Fsp3) is 0.435. The van der Waals surface area contributed by atoms with E-state index < -0.39 is 9.84 Å². The first kappa shape index (κ1) is 20.9. The molecule has 0 saturated carbocycles. The van der Waals surface area contributed by atoms with Crippen molar-refractivity contribution in [3.8, 4) is 5.75 Å². The number of hydrogen-bond acceptors (Lipinski definition) is 5. The predicted octanol–water partition coefficient (Wildman–Crippen LogP) is 2.37. The Balaban J connectivity index is 1.60. The fourth-order valence-electron chi connectivity index (χ4n) is 4.59. The molecule has 0 radical (unpaired) electrons. The number of amides is 1. The number of carbonyl (C=O) groups excluding carboxylic acids is 1. The van der Waals surface area contributed by atoms with Crippen molar-refractivity contribution in [2.24, 2.45) is 0 Å². The molecule has 7 heteroatoms. The van der Waals surface area contributed by atoms with Gasteiger partial charge >= 0.3 is 0 Å². The third-order valence-electron chi connectivity index (χ3n) is 6.33. The molecule has 2 fully saturated rings. The maximum Gasteiger partial charge on any atom is 0.241 e. The SMILES string of the molecule is COc1ccccc1CCN1CC(=O)N(c2ccc(C)c(C)c2)C2CS(=O)(=O)CC21. The molecule has 6 nitrogen and oxygen atoms in total. The van der Waals surface area contributed by atoms with Crippen LogP contribution in [-0.2, 0) is 21.1 Å². The number of aryl methyl sites for hydroxylation is 2. The van der Waals surface area contributed by atoms with Crippen LogP contribution < -0.4 is 9.64 Å². The quantitative estimate of drug-likeness (QED) is 0.732. The van der Waals surface area contributed by atoms with E-state index in [4.69, 9.17) is 4.74 Å². The van der Waals surface area contributed by atoms with E-state index in [0.717, 1.165) is 28.1 Å². The molecule has 0 spiro atoms. The molecule has 1 amide bonds. The van der Waals surface area contributed by atoms with Crippen LogP contribution in [0.1, 0.15) is 16.7 Å². The molecule has 4 rings (SSSR count). The summed E-state index contributed by atoms with van der Waals surface area (Å²) in [6.45, 7) is 4.87. The molecule has 0 N–H and O–H groups in total. The monoisotopic (exact) mass is 428 g/mol. The number of nitrogens with zero attached hydrogens (tertiary/aromatic N) is 2. The summed E-state index contributed by atoms with van der Waals surface area (Å²) in [6.07, 6.45) is 0.699. The second kappa shape index (κ2) is 8.04. The average Bonchev–Trinajstić information content (AvgIpc) is 3.03. The van der Waals surface area contributed by atoms with Crippen molar-refractivity contribution in [1.29, 1.82) is 0 Å². The molecule has 2 unspecified atom stereocenters. The van der Waals surface area contributed by atoms with Crippen molar-refractivity contribution >= 4 is 21.4 Å². The van der Waals surface area contributed by atoms with Gasteiger partial charge in [0.15, 0.2) is 9.84 Å². The lowest BCUT2D eigenvalue weighted by Gasteiger charge is -2.43. The number of anilines is 1. The molecule has 0 aliphatic carbocycles. The van der Waals surface area contributed by atoms with E-state index in [1.807, 2.05) is 61.2 Å². The van der Waals surface area contributed by atoms with Crippen molar-refractivity contribution in [2.75, 3.05) is 36.6 Å². The number of methoxy groups -OCH3 is 1. The number of ether oxygens (including phenoxy) is 1. The first-order chi connectivity index (χ1) is 14.3. The minimum absolute atomic E-state index is 0.0154. The minimum atomic E-state index is -3.20. The Hall–Kier alpha value is -2.38. The Kier molecular flexibility index (Phi) is 5.59. The standard InChI is InChI=1S/C23H28N2O4S/c1-16-8-9-19(12-17(16)2)25-21-15-30(27,28)14-20(21)24(13-23(25)26)11-10-18-6-4-5-7-22(18)29-3/h4-9,12,20-21H,10-11,13-15H2,1-3H3. The maximum atomic E-state index is 13.2. The molecule has 2 saturated heterocycles. The zero-order chi connectivity index (χ0) is 21.5. The van der Waals surface area contributed by atoms with Gasteiger partial charge in [-0.2, -0.15) is 0 Å². The van der Waals surface area contributed by atoms with Gasteiger partial charge in [-0.15, -0.1) is 0 Å². The minimum Gasteiger partial charge on any atom is -0.496 e. The van der Waals surface area contributed by atoms with Crippen LogP contribution in [0.15, 0.2) is 42.5 Å². The first-order valence-corrected chi connectivity index (χ1v) is 12.1. The molecular formula is C23H28N2O4S. The zero-order valence-corrected chi connectivity index (χ0v) is 18.5. The second-order valence-corrected chi connectivity index (χ2v) is 10.4. The van der Waals surface area contributed by atoms with Crippen LogP contribution in [0.5, 0.6) is 5.75 Å². The van der Waals surface area contributed by atoms with Gasteiger partial charge in [-0.25, -0.2) is 8.42 Å². The summed E-state index contributed by atoms with van der Waals surface area (Å²) >= 11 is 0. The number of fused-ring (bicyclic) bond motifs is 1. The molecule has 2 aliphatic rings. The zero-order valence-electron chi connectivity index (χ0n) is 17.7. The summed E-state index contributed by atoms with van der Waals surface area (Å²) in [7, 11) is -1.56. The number of hydrogen-bond donors (Lipinski definition) is 0. The predicted molar refractivity (Wildman–Crippen MR) is 118 cm³/mol. The number of para-hydroxylation sites is 1. The lowest BCUT2D eigenvalue weighted by molar-refractivity contribution is -0.123. The van der Waals surface area contributed by atoms with Gasteiger partial charge in [0.1, 0.15) is 5.75 Å². The van der Waals surface area contributed by atoms with Gasteiger partial charge in [0.05, 0.1) is 31.2 Å². The third kappa shape index (κ3) is 3.96. The van der Waals surface area contributed by atoms with E-state index in [-0.39, 0.29) is 36.0 Å². The smallest absolute Gasteiger partial charge is 0.241 e. The average molecular weight is 429 g/mol. The van der Waals surface area contributed by atoms with E-state index in [2.05, 4.69) is 0 Å². The molecule has 0 bridgehead atoms. The van der Waals surface area contributed by atoms with Gasteiger partial charge in [0.2, 0.25) is 5.91 Å². The van der Waals surface area contributed by atoms with E-state index >= 15 is 0 Å². The van der Waals surface area contributed by atoms with Crippen LogP contribution in [0.25, 0.3) is 0 Å². The Morgan fingerprint density at radius 3 is 2.50 bits per heavy atom. The molecule has 0 aromatic heterocycles. The maximum absolute atomic E-state index is 13.2. The number of sulfone groups is 1. The topological polar surface area (TPSA) is 66.9 Å². The molecular weight excluding hydrogens is 400 g/mol. The Morgan fingerprint density at radius 2 is 1.77 bits per heavy atom. The highest BCUT2D eigenvalue weighted by Crippen LogP contribution is 2.33. The highest BCUT2D eigenvalue weighted by molar-refractivity contribution is 7.91. The van der Waals surface area contributed by atoms with Crippen LogP contribution in [0.3, 0.4) is 0 Å². The lowest BCUT2D eigenvalue weighted by Crippen LogP contribution is -2.62. The van der Waals surface area contributed by atoms with Gasteiger partial charge in [-0.05, 0) is 55.2 Å². The normalized spacial score (nSPS) is 23.4. The summed E-state index contributed by atoms with van der Waals surface area (Å²) in [5.74, 6) is 0.879. The van der Waals surface area contributed by atoms with Crippen molar-refractivity contribution in [2.45, 2.75) is 32.4 Å². The number of benzene rings is 2. The summed E-state index contributed by atoms with van der Waals surface area (Å²) in [5, 5.41) is 0. The summed E-state index contributed by atoms with van der Waals surface area (Å²) in [5.41, 5.74) is 4.09. The summed E-state index contributed by atoms with van der Waals surface area (Å²) in [4.78, 5) is 16.9. The Bertz CT molecular complexity index is 1070. The van der Waals surface area contributed by atoms with Gasteiger partial charge in [0, 0.05) is 18.3 Å². The van der Waals surface area contributed by atoms with Gasteiger partial charge in [-0.3, -0.25) is 9.69 Å². The highest BCUT2D eigenvalue weighted by atomic mass is 32.2. The van der Waals surface area contributed by atoms with Gasteiger partial charge in [0.25, 0.3) is 0 Å². The number of rotatable bonds is 5. The van der Waals surface area contributed by atoms with Crippen LogP contribution in [0.4, 0.5) is 5.69 Å². The molecule has 2 heterocycles. The van der Waals surface area contributed by atoms with Crippen LogP contribution in [0, 0.1) is 13.8 Å². The Labute approximate surface area is 178 Å². The molecule has 160 valence electrons. The number of carbonyl (C=O) groups is 1. The van der Waals surface area contributed by atoms with Crippen molar-refractivity contribution in [3.05, 3.63) is 59.2 Å². The first-order valence-electron chi connectivity index (χ1n) is 10.2.